The summed E-state index contributed by atoms with van der Waals surface area (Å²) < 4.78 is 68.2. The summed E-state index contributed by atoms with van der Waals surface area (Å²) in [4.78, 5) is 72.4. The molecule has 522 valence electrons. The Morgan fingerprint density at radius 1 is 0.330 bits per heavy atom. The average Bonchev–Trinajstić information content (AvgIpc) is 3.58. The molecule has 0 fully saturated rings. The lowest BCUT2D eigenvalue weighted by Gasteiger charge is -2.21. The smallest absolute Gasteiger partial charge is 0.462 e. The van der Waals surface area contributed by atoms with Crippen molar-refractivity contribution in [1.82, 2.24) is 0 Å². The standard InChI is InChI=1S/C69H134O17P2/c1-8-10-11-12-13-14-23-29-38-45-52-68(73)86-65(57-80-67(72)51-44-37-32-31-34-41-48-61(5)6)59-84-88(77,78)82-55-63(70)54-81-87(75,76)83-58-64(56-79-66(71)50-43-36-28-24-20-19-22-27-35-42-49-62(7)9-2)85-69(74)53-46-39-30-25-18-16-15-17-21-26-33-40-47-60(3)4/h60-65,70H,8-59H2,1-7H3,(H,75,76)(H,77,78)/t62?,63-,64-,65-/m1/s1. The summed E-state index contributed by atoms with van der Waals surface area (Å²) in [6, 6.07) is 0. The first-order valence-corrected chi connectivity index (χ1v) is 38.9. The van der Waals surface area contributed by atoms with E-state index in [9.17, 15) is 43.2 Å². The second-order valence-corrected chi connectivity index (χ2v) is 29.0. The number of carbonyl (C=O) groups is 4. The van der Waals surface area contributed by atoms with Crippen LogP contribution in [0.15, 0.2) is 0 Å². The topological polar surface area (TPSA) is 237 Å². The molecule has 0 saturated carbocycles. The van der Waals surface area contributed by atoms with Crippen LogP contribution >= 0.6 is 15.6 Å². The third kappa shape index (κ3) is 61.6. The fraction of sp³-hybridized carbons (Fsp3) is 0.942. The van der Waals surface area contributed by atoms with Crippen LogP contribution in [0.1, 0.15) is 344 Å². The zero-order chi connectivity index (χ0) is 65.2. The van der Waals surface area contributed by atoms with E-state index in [1.54, 1.807) is 0 Å². The first-order chi connectivity index (χ1) is 42.3. The predicted molar refractivity (Wildman–Crippen MR) is 354 cm³/mol. The van der Waals surface area contributed by atoms with E-state index in [1.807, 2.05) is 0 Å². The van der Waals surface area contributed by atoms with Gasteiger partial charge in [-0.3, -0.25) is 37.3 Å². The minimum atomic E-state index is -4.95. The Kier molecular flexibility index (Phi) is 58.7. The highest BCUT2D eigenvalue weighted by Crippen LogP contribution is 2.45. The molecule has 0 bridgehead atoms. The number of unbranched alkanes of at least 4 members (excludes halogenated alkanes) is 34. The Balaban J connectivity index is 5.24. The third-order valence-electron chi connectivity index (χ3n) is 16.2. The van der Waals surface area contributed by atoms with E-state index in [4.69, 9.17) is 37.0 Å². The van der Waals surface area contributed by atoms with E-state index in [1.165, 1.54) is 148 Å². The van der Waals surface area contributed by atoms with Gasteiger partial charge < -0.3 is 33.8 Å². The van der Waals surface area contributed by atoms with Crippen LogP contribution in [0, 0.1) is 17.8 Å². The van der Waals surface area contributed by atoms with E-state index in [0.29, 0.717) is 31.6 Å². The van der Waals surface area contributed by atoms with Crippen molar-refractivity contribution in [2.24, 2.45) is 17.8 Å². The fourth-order valence-corrected chi connectivity index (χ4v) is 11.9. The highest BCUT2D eigenvalue weighted by molar-refractivity contribution is 7.47. The molecule has 0 amide bonds. The van der Waals surface area contributed by atoms with Crippen molar-refractivity contribution in [3.05, 3.63) is 0 Å². The van der Waals surface area contributed by atoms with Gasteiger partial charge in [-0.15, -0.1) is 0 Å². The highest BCUT2D eigenvalue weighted by atomic mass is 31.2. The molecule has 19 heteroatoms. The van der Waals surface area contributed by atoms with Crippen LogP contribution in [0.4, 0.5) is 0 Å². The van der Waals surface area contributed by atoms with E-state index in [2.05, 4.69) is 48.5 Å². The van der Waals surface area contributed by atoms with E-state index in [-0.39, 0.29) is 25.7 Å². The molecule has 0 heterocycles. The Hall–Kier alpha value is -1.94. The second-order valence-electron chi connectivity index (χ2n) is 26.1. The van der Waals surface area contributed by atoms with Gasteiger partial charge in [0.15, 0.2) is 12.2 Å². The maximum Gasteiger partial charge on any atom is 0.472 e. The SMILES string of the molecule is CCCCCCCCCCCCC(=O)O[C@H](COC(=O)CCCCCCCCC(C)C)COP(=O)(O)OC[C@H](O)COP(=O)(O)OC[C@@H](COC(=O)CCCCCCCCCCCCC(C)CC)OC(=O)CCCCCCCCCCCCCCC(C)C. The molecule has 0 aromatic carbocycles. The van der Waals surface area contributed by atoms with Crippen LogP contribution in [0.5, 0.6) is 0 Å². The minimum absolute atomic E-state index is 0.105. The molecule has 0 aromatic heterocycles. The molecule has 88 heavy (non-hydrogen) atoms. The molecule has 0 aliphatic rings. The molecule has 0 saturated heterocycles. The first-order valence-electron chi connectivity index (χ1n) is 35.9. The minimum Gasteiger partial charge on any atom is -0.462 e. The molecule has 0 aromatic rings. The summed E-state index contributed by atoms with van der Waals surface area (Å²) in [6.07, 6.45) is 43.1. The molecular weight excluding hydrogens is 1160 g/mol. The quantitative estimate of drug-likeness (QED) is 0.0222. The number of hydrogen-bond donors (Lipinski definition) is 3. The summed E-state index contributed by atoms with van der Waals surface area (Å²) in [5.74, 6) is 0.137. The monoisotopic (exact) mass is 1300 g/mol. The Labute approximate surface area is 537 Å². The van der Waals surface area contributed by atoms with Gasteiger partial charge in [0, 0.05) is 25.7 Å². The maximum absolute atomic E-state index is 13.0. The van der Waals surface area contributed by atoms with Crippen molar-refractivity contribution in [2.75, 3.05) is 39.6 Å². The van der Waals surface area contributed by atoms with Gasteiger partial charge in [0.2, 0.25) is 0 Å². The van der Waals surface area contributed by atoms with Gasteiger partial charge in [-0.25, -0.2) is 9.13 Å². The lowest BCUT2D eigenvalue weighted by atomic mass is 9.99. The molecule has 3 unspecified atom stereocenters. The van der Waals surface area contributed by atoms with Crippen molar-refractivity contribution in [3.8, 4) is 0 Å². The predicted octanol–water partition coefficient (Wildman–Crippen LogP) is 19.5. The molecule has 6 atom stereocenters. The maximum atomic E-state index is 13.0. The van der Waals surface area contributed by atoms with Crippen LogP contribution in [0.25, 0.3) is 0 Å². The van der Waals surface area contributed by atoms with Crippen molar-refractivity contribution in [1.29, 1.82) is 0 Å². The number of aliphatic hydroxyl groups is 1. The largest absolute Gasteiger partial charge is 0.472 e. The van der Waals surface area contributed by atoms with Crippen molar-refractivity contribution in [2.45, 2.75) is 362 Å². The number of phosphoric acid groups is 2. The van der Waals surface area contributed by atoms with Gasteiger partial charge in [0.05, 0.1) is 26.4 Å². The van der Waals surface area contributed by atoms with E-state index in [0.717, 1.165) is 108 Å². The Bertz CT molecular complexity index is 1730. The molecular formula is C69H134O17P2. The highest BCUT2D eigenvalue weighted by Gasteiger charge is 2.30. The van der Waals surface area contributed by atoms with Gasteiger partial charge in [-0.1, -0.05) is 292 Å². The van der Waals surface area contributed by atoms with Crippen LogP contribution in [-0.2, 0) is 65.4 Å². The molecule has 0 spiro atoms. The number of ether oxygens (including phenoxy) is 4. The summed E-state index contributed by atoms with van der Waals surface area (Å²) >= 11 is 0. The van der Waals surface area contributed by atoms with Gasteiger partial charge in [-0.2, -0.15) is 0 Å². The molecule has 0 aliphatic heterocycles. The Morgan fingerprint density at radius 3 is 0.864 bits per heavy atom. The van der Waals surface area contributed by atoms with E-state index < -0.39 is 97.5 Å². The molecule has 0 aliphatic carbocycles. The number of esters is 4. The van der Waals surface area contributed by atoms with Crippen LogP contribution in [0.3, 0.4) is 0 Å². The fourth-order valence-electron chi connectivity index (χ4n) is 10.3. The second kappa shape index (κ2) is 60.0. The zero-order valence-electron chi connectivity index (χ0n) is 57.2. The number of hydrogen-bond acceptors (Lipinski definition) is 15. The number of aliphatic hydroxyl groups excluding tert-OH is 1. The van der Waals surface area contributed by atoms with E-state index >= 15 is 0 Å². The summed E-state index contributed by atoms with van der Waals surface area (Å²) in [7, 11) is -9.90. The first kappa shape index (κ1) is 86.1. The molecule has 0 radical (unpaired) electrons. The lowest BCUT2D eigenvalue weighted by Crippen LogP contribution is -2.30. The van der Waals surface area contributed by atoms with Crippen molar-refractivity contribution in [3.63, 3.8) is 0 Å². The van der Waals surface area contributed by atoms with Crippen molar-refractivity contribution >= 4 is 39.5 Å². The number of rotatable bonds is 67. The normalized spacial score (nSPS) is 14.5. The lowest BCUT2D eigenvalue weighted by molar-refractivity contribution is -0.161. The van der Waals surface area contributed by atoms with Crippen LogP contribution < -0.4 is 0 Å². The van der Waals surface area contributed by atoms with Crippen LogP contribution in [-0.4, -0.2) is 96.7 Å². The molecule has 3 N–H and O–H groups in total. The van der Waals surface area contributed by atoms with Crippen LogP contribution in [0.2, 0.25) is 0 Å². The van der Waals surface area contributed by atoms with Gasteiger partial charge >= 0.3 is 39.5 Å². The summed E-state index contributed by atoms with van der Waals surface area (Å²) in [5, 5.41) is 10.6. The zero-order valence-corrected chi connectivity index (χ0v) is 59.0. The molecule has 0 rings (SSSR count). The van der Waals surface area contributed by atoms with Gasteiger partial charge in [-0.05, 0) is 43.4 Å². The van der Waals surface area contributed by atoms with Crippen molar-refractivity contribution < 1.29 is 80.2 Å². The third-order valence-corrected chi connectivity index (χ3v) is 18.1. The Morgan fingerprint density at radius 2 is 0.580 bits per heavy atom. The summed E-state index contributed by atoms with van der Waals surface area (Å²) in [6.45, 7) is 11.8. The summed E-state index contributed by atoms with van der Waals surface area (Å²) in [5.41, 5.74) is 0. The number of carbonyl (C=O) groups excluding carboxylic acids is 4. The average molecular weight is 1300 g/mol. The van der Waals surface area contributed by atoms with Gasteiger partial charge in [0.1, 0.15) is 19.3 Å². The van der Waals surface area contributed by atoms with Gasteiger partial charge in [0.25, 0.3) is 0 Å². The molecule has 17 nitrogen and oxygen atoms in total. The number of phosphoric ester groups is 2.